The van der Waals surface area contributed by atoms with Crippen LogP contribution in [0.2, 0.25) is 0 Å². The SMILES string of the molecule is CC1(C)OC[C@H](COc2ccc3c(c2)C(=O)C2=C(Cc4cc(C#N)ccc42)C3(C)C)O1. The second-order valence-corrected chi connectivity index (χ2v) is 9.44. The number of benzene rings is 2. The van der Waals surface area contributed by atoms with Crippen molar-refractivity contribution in [2.24, 2.45) is 0 Å². The number of ketones is 1. The molecule has 5 heteroatoms. The van der Waals surface area contributed by atoms with Crippen molar-refractivity contribution in [3.05, 3.63) is 69.8 Å². The van der Waals surface area contributed by atoms with Gasteiger partial charge in [-0.2, -0.15) is 5.26 Å². The van der Waals surface area contributed by atoms with E-state index < -0.39 is 5.79 Å². The van der Waals surface area contributed by atoms with Crippen LogP contribution in [-0.4, -0.2) is 30.9 Å². The number of Topliss-reactive ketones (excluding diaryl/α,β-unsaturated/α-hetero) is 1. The Balaban J connectivity index is 1.46. The molecule has 5 rings (SSSR count). The van der Waals surface area contributed by atoms with E-state index in [4.69, 9.17) is 14.2 Å². The van der Waals surface area contributed by atoms with Gasteiger partial charge in [0.2, 0.25) is 0 Å². The lowest BCUT2D eigenvalue weighted by molar-refractivity contribution is -0.141. The van der Waals surface area contributed by atoms with Crippen LogP contribution in [0.3, 0.4) is 0 Å². The van der Waals surface area contributed by atoms with Crippen LogP contribution in [0.15, 0.2) is 42.0 Å². The van der Waals surface area contributed by atoms with Gasteiger partial charge in [-0.05, 0) is 66.8 Å². The first-order valence-corrected chi connectivity index (χ1v) is 10.6. The van der Waals surface area contributed by atoms with Crippen LogP contribution < -0.4 is 4.74 Å². The number of hydrogen-bond acceptors (Lipinski definition) is 5. The first-order valence-electron chi connectivity index (χ1n) is 10.6. The lowest BCUT2D eigenvalue weighted by Crippen LogP contribution is -2.30. The van der Waals surface area contributed by atoms with Crippen LogP contribution in [0.4, 0.5) is 0 Å². The fraction of sp³-hybridized carbons (Fsp3) is 0.385. The van der Waals surface area contributed by atoms with Gasteiger partial charge < -0.3 is 14.2 Å². The Kier molecular flexibility index (Phi) is 4.37. The van der Waals surface area contributed by atoms with Crippen molar-refractivity contribution in [3.63, 3.8) is 0 Å². The number of carbonyl (C=O) groups is 1. The Morgan fingerprint density at radius 1 is 1.13 bits per heavy atom. The average Bonchev–Trinajstić information content (AvgIpc) is 3.30. The number of ether oxygens (including phenoxy) is 3. The Morgan fingerprint density at radius 3 is 2.65 bits per heavy atom. The topological polar surface area (TPSA) is 68.5 Å². The monoisotopic (exact) mass is 415 g/mol. The van der Waals surface area contributed by atoms with Crippen molar-refractivity contribution >= 4 is 11.4 Å². The molecule has 5 nitrogen and oxygen atoms in total. The van der Waals surface area contributed by atoms with Crippen molar-refractivity contribution in [2.75, 3.05) is 13.2 Å². The lowest BCUT2D eigenvalue weighted by atomic mass is 9.68. The smallest absolute Gasteiger partial charge is 0.194 e. The van der Waals surface area contributed by atoms with E-state index in [-0.39, 0.29) is 17.3 Å². The molecule has 3 aliphatic rings. The van der Waals surface area contributed by atoms with Gasteiger partial charge in [0.25, 0.3) is 0 Å². The molecule has 1 fully saturated rings. The molecule has 158 valence electrons. The van der Waals surface area contributed by atoms with Gasteiger partial charge in [-0.1, -0.05) is 26.0 Å². The van der Waals surface area contributed by atoms with Gasteiger partial charge in [-0.15, -0.1) is 0 Å². The molecule has 2 aromatic rings. The summed E-state index contributed by atoms with van der Waals surface area (Å²) in [6.45, 7) is 8.96. The van der Waals surface area contributed by atoms with Crippen molar-refractivity contribution in [2.45, 2.75) is 51.4 Å². The minimum Gasteiger partial charge on any atom is -0.491 e. The molecular formula is C26H25NO4. The van der Waals surface area contributed by atoms with Gasteiger partial charge >= 0.3 is 0 Å². The van der Waals surface area contributed by atoms with Crippen LogP contribution >= 0.6 is 0 Å². The standard InChI is InChI=1S/C26H25NO4/c1-25(2)21-8-6-17(29-13-18-14-30-26(3,4)31-18)11-20(21)24(28)23-19-7-5-15(12-27)9-16(19)10-22(23)25/h5-9,11,18H,10,13-14H2,1-4H3/t18-/m0/s1. The highest BCUT2D eigenvalue weighted by atomic mass is 16.7. The van der Waals surface area contributed by atoms with E-state index in [9.17, 15) is 10.1 Å². The Hall–Kier alpha value is -2.94. The van der Waals surface area contributed by atoms with E-state index in [0.29, 0.717) is 36.5 Å². The number of nitrogens with zero attached hydrogens (tertiary/aromatic N) is 1. The highest BCUT2D eigenvalue weighted by Gasteiger charge is 2.43. The second-order valence-electron chi connectivity index (χ2n) is 9.44. The zero-order valence-corrected chi connectivity index (χ0v) is 18.2. The predicted molar refractivity (Wildman–Crippen MR) is 116 cm³/mol. The van der Waals surface area contributed by atoms with Gasteiger partial charge in [0.1, 0.15) is 18.5 Å². The third kappa shape index (κ3) is 3.18. The molecule has 0 N–H and O–H groups in total. The summed E-state index contributed by atoms with van der Waals surface area (Å²) in [5.41, 5.74) is 5.94. The molecule has 2 aromatic carbocycles. The number of hydrogen-bond donors (Lipinski definition) is 0. The van der Waals surface area contributed by atoms with Gasteiger partial charge in [-0.3, -0.25) is 4.79 Å². The highest BCUT2D eigenvalue weighted by molar-refractivity contribution is 6.33. The number of nitriles is 1. The fourth-order valence-corrected chi connectivity index (χ4v) is 4.97. The summed E-state index contributed by atoms with van der Waals surface area (Å²) < 4.78 is 17.4. The van der Waals surface area contributed by atoms with Crippen LogP contribution in [0.5, 0.6) is 5.75 Å². The number of carbonyl (C=O) groups excluding carboxylic acids is 1. The number of allylic oxidation sites excluding steroid dienone is 2. The molecule has 1 heterocycles. The summed E-state index contributed by atoms with van der Waals surface area (Å²) in [7, 11) is 0. The van der Waals surface area contributed by atoms with Gasteiger partial charge in [-0.25, -0.2) is 0 Å². The maximum atomic E-state index is 13.6. The maximum absolute atomic E-state index is 13.6. The van der Waals surface area contributed by atoms with E-state index in [1.54, 1.807) is 6.07 Å². The zero-order chi connectivity index (χ0) is 22.0. The summed E-state index contributed by atoms with van der Waals surface area (Å²) in [4.78, 5) is 13.6. The zero-order valence-electron chi connectivity index (χ0n) is 18.2. The molecule has 0 amide bonds. The van der Waals surface area contributed by atoms with E-state index in [1.165, 1.54) is 0 Å². The molecule has 0 saturated carbocycles. The maximum Gasteiger partial charge on any atom is 0.194 e. The second kappa shape index (κ2) is 6.78. The van der Waals surface area contributed by atoms with Gasteiger partial charge in [0.15, 0.2) is 11.6 Å². The summed E-state index contributed by atoms with van der Waals surface area (Å²) in [5, 5.41) is 9.25. The summed E-state index contributed by atoms with van der Waals surface area (Å²) in [6.07, 6.45) is 0.564. The van der Waals surface area contributed by atoms with E-state index >= 15 is 0 Å². The molecule has 0 spiro atoms. The van der Waals surface area contributed by atoms with Crippen LogP contribution in [0, 0.1) is 11.3 Å². The quantitative estimate of drug-likeness (QED) is 0.734. The normalized spacial score (nSPS) is 22.5. The van der Waals surface area contributed by atoms with E-state index in [2.05, 4.69) is 19.9 Å². The number of fused-ring (bicyclic) bond motifs is 3. The summed E-state index contributed by atoms with van der Waals surface area (Å²) >= 11 is 0. The Labute approximate surface area is 182 Å². The highest BCUT2D eigenvalue weighted by Crippen LogP contribution is 2.50. The molecule has 0 radical (unpaired) electrons. The molecule has 1 atom stereocenters. The van der Waals surface area contributed by atoms with Crippen LogP contribution in [0.25, 0.3) is 5.57 Å². The molecular weight excluding hydrogens is 390 g/mol. The van der Waals surface area contributed by atoms with Crippen molar-refractivity contribution < 1.29 is 19.0 Å². The van der Waals surface area contributed by atoms with E-state index in [1.807, 2.05) is 44.2 Å². The molecule has 1 aliphatic heterocycles. The van der Waals surface area contributed by atoms with Crippen molar-refractivity contribution in [3.8, 4) is 11.8 Å². The Morgan fingerprint density at radius 2 is 1.94 bits per heavy atom. The first-order chi connectivity index (χ1) is 14.7. The van der Waals surface area contributed by atoms with Crippen LogP contribution in [-0.2, 0) is 21.3 Å². The summed E-state index contributed by atoms with van der Waals surface area (Å²) in [6, 6.07) is 13.6. The molecule has 1 saturated heterocycles. The third-order valence-corrected chi connectivity index (χ3v) is 6.57. The molecule has 0 aromatic heterocycles. The number of rotatable bonds is 3. The largest absolute Gasteiger partial charge is 0.491 e. The third-order valence-electron chi connectivity index (χ3n) is 6.57. The van der Waals surface area contributed by atoms with Gasteiger partial charge in [0, 0.05) is 16.6 Å². The Bertz CT molecular complexity index is 1180. The molecule has 31 heavy (non-hydrogen) atoms. The lowest BCUT2D eigenvalue weighted by Gasteiger charge is -2.34. The van der Waals surface area contributed by atoms with Crippen LogP contribution in [0.1, 0.15) is 60.3 Å². The first kappa shape index (κ1) is 20.0. The summed E-state index contributed by atoms with van der Waals surface area (Å²) in [5.74, 6) is 0.0895. The van der Waals surface area contributed by atoms with Crippen molar-refractivity contribution in [1.82, 2.24) is 0 Å². The minimum absolute atomic E-state index is 0.0276. The molecule has 0 bridgehead atoms. The van der Waals surface area contributed by atoms with Crippen molar-refractivity contribution in [1.29, 1.82) is 5.26 Å². The molecule has 0 unspecified atom stereocenters. The van der Waals surface area contributed by atoms with Gasteiger partial charge in [0.05, 0.1) is 18.2 Å². The van der Waals surface area contributed by atoms with E-state index in [0.717, 1.165) is 27.8 Å². The minimum atomic E-state index is -0.589. The average molecular weight is 415 g/mol. The predicted octanol–water partition coefficient (Wildman–Crippen LogP) is 4.57. The molecule has 2 aliphatic carbocycles. The fourth-order valence-electron chi connectivity index (χ4n) is 4.97.